The van der Waals surface area contributed by atoms with Crippen LogP contribution < -0.4 is 10.1 Å². The van der Waals surface area contributed by atoms with Gasteiger partial charge in [-0.05, 0) is 62.5 Å². The summed E-state index contributed by atoms with van der Waals surface area (Å²) in [6, 6.07) is 10.3. The van der Waals surface area contributed by atoms with Crippen LogP contribution >= 0.6 is 31.9 Å². The zero-order valence-electron chi connectivity index (χ0n) is 11.4. The normalized spacial score (nSPS) is 12.2. The van der Waals surface area contributed by atoms with Crippen molar-refractivity contribution in [2.75, 3.05) is 7.11 Å². The fourth-order valence-corrected chi connectivity index (χ4v) is 2.98. The van der Waals surface area contributed by atoms with E-state index in [9.17, 15) is 0 Å². The van der Waals surface area contributed by atoms with Gasteiger partial charge in [0.1, 0.15) is 5.75 Å². The zero-order chi connectivity index (χ0) is 14.5. The van der Waals surface area contributed by atoms with Crippen molar-refractivity contribution in [1.82, 2.24) is 10.3 Å². The SMILES string of the molecule is COc1cccc([C@@H](C)NCc2ncc(Br)cc2Br)c1. The highest BCUT2D eigenvalue weighted by atomic mass is 79.9. The Labute approximate surface area is 136 Å². The lowest BCUT2D eigenvalue weighted by molar-refractivity contribution is 0.413. The summed E-state index contributed by atoms with van der Waals surface area (Å²) in [5, 5.41) is 3.46. The van der Waals surface area contributed by atoms with Gasteiger partial charge < -0.3 is 10.1 Å². The molecule has 0 saturated carbocycles. The molecular formula is C15H16Br2N2O. The first-order valence-electron chi connectivity index (χ1n) is 6.27. The van der Waals surface area contributed by atoms with Crippen LogP contribution in [0.3, 0.4) is 0 Å². The number of ether oxygens (including phenoxy) is 1. The quantitative estimate of drug-likeness (QED) is 0.805. The number of hydrogen-bond donors (Lipinski definition) is 1. The molecule has 0 saturated heterocycles. The topological polar surface area (TPSA) is 34.1 Å². The number of nitrogens with one attached hydrogen (secondary N) is 1. The lowest BCUT2D eigenvalue weighted by Gasteiger charge is -2.15. The van der Waals surface area contributed by atoms with Gasteiger partial charge in [0.05, 0.1) is 12.8 Å². The maximum absolute atomic E-state index is 5.25. The fourth-order valence-electron chi connectivity index (χ4n) is 1.85. The van der Waals surface area contributed by atoms with Crippen LogP contribution in [-0.2, 0) is 6.54 Å². The van der Waals surface area contributed by atoms with Gasteiger partial charge in [-0.1, -0.05) is 12.1 Å². The summed E-state index contributed by atoms with van der Waals surface area (Å²) >= 11 is 6.93. The average Bonchev–Trinajstić information content (AvgIpc) is 2.46. The third-order valence-corrected chi connectivity index (χ3v) is 4.17. The van der Waals surface area contributed by atoms with E-state index in [2.05, 4.69) is 55.2 Å². The third kappa shape index (κ3) is 4.04. The lowest BCUT2D eigenvalue weighted by Crippen LogP contribution is -2.19. The number of halogens is 2. The molecule has 1 atom stereocenters. The average molecular weight is 400 g/mol. The summed E-state index contributed by atoms with van der Waals surface area (Å²) in [7, 11) is 1.68. The molecule has 0 fully saturated rings. The predicted molar refractivity (Wildman–Crippen MR) is 87.9 cm³/mol. The van der Waals surface area contributed by atoms with Gasteiger partial charge >= 0.3 is 0 Å². The number of benzene rings is 1. The van der Waals surface area contributed by atoms with Gasteiger partial charge in [0.25, 0.3) is 0 Å². The Morgan fingerprint density at radius 3 is 2.80 bits per heavy atom. The molecule has 106 valence electrons. The van der Waals surface area contributed by atoms with Gasteiger partial charge in [-0.25, -0.2) is 0 Å². The third-order valence-electron chi connectivity index (χ3n) is 3.05. The van der Waals surface area contributed by atoms with Crippen LogP contribution in [0.4, 0.5) is 0 Å². The van der Waals surface area contributed by atoms with E-state index < -0.39 is 0 Å². The number of hydrogen-bond acceptors (Lipinski definition) is 3. The minimum Gasteiger partial charge on any atom is -0.497 e. The molecule has 1 heterocycles. The highest BCUT2D eigenvalue weighted by Gasteiger charge is 2.08. The van der Waals surface area contributed by atoms with E-state index >= 15 is 0 Å². The molecule has 0 unspecified atom stereocenters. The van der Waals surface area contributed by atoms with Gasteiger partial charge in [0, 0.05) is 27.7 Å². The van der Waals surface area contributed by atoms with Crippen LogP contribution in [0.2, 0.25) is 0 Å². The molecule has 2 rings (SSSR count). The van der Waals surface area contributed by atoms with Crippen LogP contribution in [0.1, 0.15) is 24.2 Å². The summed E-state index contributed by atoms with van der Waals surface area (Å²) in [6.07, 6.45) is 1.80. The monoisotopic (exact) mass is 398 g/mol. The van der Waals surface area contributed by atoms with Gasteiger partial charge in [-0.2, -0.15) is 0 Å². The Bertz CT molecular complexity index is 590. The van der Waals surface area contributed by atoms with Crippen LogP contribution in [0.15, 0.2) is 45.5 Å². The van der Waals surface area contributed by atoms with Crippen molar-refractivity contribution in [1.29, 1.82) is 0 Å². The first kappa shape index (κ1) is 15.5. The first-order valence-corrected chi connectivity index (χ1v) is 7.86. The van der Waals surface area contributed by atoms with E-state index in [0.29, 0.717) is 6.54 Å². The summed E-state index contributed by atoms with van der Waals surface area (Å²) in [4.78, 5) is 4.40. The number of methoxy groups -OCH3 is 1. The van der Waals surface area contributed by atoms with E-state index in [1.807, 2.05) is 24.3 Å². The number of pyridine rings is 1. The molecule has 1 aromatic carbocycles. The molecule has 0 radical (unpaired) electrons. The van der Waals surface area contributed by atoms with Crippen molar-refractivity contribution in [2.24, 2.45) is 0 Å². The lowest BCUT2D eigenvalue weighted by atomic mass is 10.1. The zero-order valence-corrected chi connectivity index (χ0v) is 14.5. The highest BCUT2D eigenvalue weighted by Crippen LogP contribution is 2.22. The molecule has 0 amide bonds. The van der Waals surface area contributed by atoms with Gasteiger partial charge in [-0.3, -0.25) is 4.98 Å². The van der Waals surface area contributed by atoms with Crippen LogP contribution in [-0.4, -0.2) is 12.1 Å². The summed E-state index contributed by atoms with van der Waals surface area (Å²) < 4.78 is 7.21. The molecule has 0 bridgehead atoms. The fraction of sp³-hybridized carbons (Fsp3) is 0.267. The highest BCUT2D eigenvalue weighted by molar-refractivity contribution is 9.11. The van der Waals surface area contributed by atoms with Crippen molar-refractivity contribution >= 4 is 31.9 Å². The number of nitrogens with zero attached hydrogens (tertiary/aromatic N) is 1. The van der Waals surface area contributed by atoms with Crippen molar-refractivity contribution in [3.05, 3.63) is 56.7 Å². The van der Waals surface area contributed by atoms with Crippen LogP contribution in [0.25, 0.3) is 0 Å². The van der Waals surface area contributed by atoms with E-state index in [0.717, 1.165) is 20.4 Å². The van der Waals surface area contributed by atoms with Crippen LogP contribution in [0, 0.1) is 0 Å². The van der Waals surface area contributed by atoms with Crippen molar-refractivity contribution in [2.45, 2.75) is 19.5 Å². The minimum absolute atomic E-state index is 0.224. The van der Waals surface area contributed by atoms with Gasteiger partial charge in [0.2, 0.25) is 0 Å². The summed E-state index contributed by atoms with van der Waals surface area (Å²) in [5.41, 5.74) is 2.18. The second kappa shape index (κ2) is 7.20. The molecule has 5 heteroatoms. The maximum atomic E-state index is 5.25. The van der Waals surface area contributed by atoms with E-state index in [1.54, 1.807) is 13.3 Å². The molecular weight excluding hydrogens is 384 g/mol. The Hall–Kier alpha value is -0.910. The van der Waals surface area contributed by atoms with E-state index in [4.69, 9.17) is 4.74 Å². The molecule has 1 N–H and O–H groups in total. The maximum Gasteiger partial charge on any atom is 0.119 e. The Balaban J connectivity index is 2.02. The molecule has 20 heavy (non-hydrogen) atoms. The molecule has 0 aliphatic heterocycles. The molecule has 1 aromatic heterocycles. The summed E-state index contributed by atoms with van der Waals surface area (Å²) in [5.74, 6) is 0.874. The predicted octanol–water partition coefficient (Wildman–Crippen LogP) is 4.47. The largest absolute Gasteiger partial charge is 0.497 e. The van der Waals surface area contributed by atoms with Crippen molar-refractivity contribution in [3.8, 4) is 5.75 Å². The Morgan fingerprint density at radius 1 is 1.30 bits per heavy atom. The summed E-state index contributed by atoms with van der Waals surface area (Å²) in [6.45, 7) is 2.83. The van der Waals surface area contributed by atoms with Crippen molar-refractivity contribution in [3.63, 3.8) is 0 Å². The van der Waals surface area contributed by atoms with E-state index in [1.165, 1.54) is 5.56 Å². The number of rotatable bonds is 5. The number of aromatic nitrogens is 1. The van der Waals surface area contributed by atoms with Crippen molar-refractivity contribution < 1.29 is 4.74 Å². The molecule has 0 aliphatic carbocycles. The first-order chi connectivity index (χ1) is 9.60. The Kier molecular flexibility index (Phi) is 5.57. The molecule has 0 aliphatic rings. The van der Waals surface area contributed by atoms with Crippen LogP contribution in [0.5, 0.6) is 5.75 Å². The molecule has 0 spiro atoms. The van der Waals surface area contributed by atoms with E-state index in [-0.39, 0.29) is 6.04 Å². The Morgan fingerprint density at radius 2 is 2.10 bits per heavy atom. The standard InChI is InChI=1S/C15H16Br2N2O/c1-10(11-4-3-5-13(6-11)20-2)18-9-15-14(17)7-12(16)8-19-15/h3-8,10,18H,9H2,1-2H3/t10-/m1/s1. The smallest absolute Gasteiger partial charge is 0.119 e. The minimum atomic E-state index is 0.224. The molecule has 3 nitrogen and oxygen atoms in total. The van der Waals surface area contributed by atoms with Gasteiger partial charge in [0.15, 0.2) is 0 Å². The second-order valence-corrected chi connectivity index (χ2v) is 6.23. The van der Waals surface area contributed by atoms with Gasteiger partial charge in [-0.15, -0.1) is 0 Å². The second-order valence-electron chi connectivity index (χ2n) is 4.46. The molecule has 2 aromatic rings.